The number of aromatic nitrogens is 3. The number of nitrogens with zero attached hydrogens (tertiary/aromatic N) is 3. The molecular formula is C23H13F8IrN3O-2. The molecule has 0 aliphatic heterocycles. The Morgan fingerprint density at radius 1 is 0.861 bits per heavy atom. The second-order valence-electron chi connectivity index (χ2n) is 6.74. The minimum absolute atomic E-state index is 0. The Morgan fingerprint density at radius 3 is 2.08 bits per heavy atom. The first kappa shape index (κ1) is 28.9. The molecule has 0 N–H and O–H groups in total. The van der Waals surface area contributed by atoms with E-state index in [9.17, 15) is 35.1 Å². The molecule has 13 heteroatoms. The molecule has 3 aromatic heterocycles. The first-order valence-electron chi connectivity index (χ1n) is 9.51. The molecule has 0 aliphatic rings. The SMILES string of the molecule is COc1ccnc(-c2[c-]cc(F)cc2F)c1.FC(F)(F)c1cc(-c2ccccn2)[n-]c1C(F)(F)F.[Ir]. The van der Waals surface area contributed by atoms with Gasteiger partial charge in [-0.25, -0.2) is 0 Å². The molecule has 0 unspecified atom stereocenters. The molecule has 0 spiro atoms. The molecule has 36 heavy (non-hydrogen) atoms. The van der Waals surface area contributed by atoms with Crippen molar-refractivity contribution in [2.45, 2.75) is 12.4 Å². The van der Waals surface area contributed by atoms with Crippen LogP contribution in [0.15, 0.2) is 60.9 Å². The summed E-state index contributed by atoms with van der Waals surface area (Å²) in [7, 11) is 1.50. The average Bonchev–Trinajstić information content (AvgIpc) is 3.27. The van der Waals surface area contributed by atoms with E-state index in [2.05, 4.69) is 21.0 Å². The van der Waals surface area contributed by atoms with E-state index in [1.165, 1.54) is 37.7 Å². The third-order valence-electron chi connectivity index (χ3n) is 4.35. The van der Waals surface area contributed by atoms with Gasteiger partial charge in [-0.05, 0) is 35.7 Å². The molecule has 0 saturated carbocycles. The van der Waals surface area contributed by atoms with Crippen LogP contribution in [-0.2, 0) is 32.5 Å². The number of methoxy groups -OCH3 is 1. The van der Waals surface area contributed by atoms with Crippen molar-refractivity contribution in [3.8, 4) is 28.4 Å². The first-order chi connectivity index (χ1) is 16.4. The van der Waals surface area contributed by atoms with Crippen LogP contribution in [0.4, 0.5) is 35.1 Å². The minimum atomic E-state index is -5.17. The van der Waals surface area contributed by atoms with E-state index in [0.29, 0.717) is 17.5 Å². The molecule has 3 heterocycles. The van der Waals surface area contributed by atoms with Gasteiger partial charge in [-0.3, -0.25) is 13.8 Å². The van der Waals surface area contributed by atoms with Crippen LogP contribution in [0, 0.1) is 17.7 Å². The third kappa shape index (κ3) is 7.11. The van der Waals surface area contributed by atoms with Gasteiger partial charge in [-0.15, -0.1) is 17.8 Å². The second kappa shape index (κ2) is 11.6. The van der Waals surface area contributed by atoms with Crippen molar-refractivity contribution in [1.29, 1.82) is 0 Å². The Bertz CT molecular complexity index is 1260. The molecule has 4 nitrogen and oxygen atoms in total. The Morgan fingerprint density at radius 2 is 1.56 bits per heavy atom. The van der Waals surface area contributed by atoms with E-state index in [4.69, 9.17) is 4.74 Å². The summed E-state index contributed by atoms with van der Waals surface area (Å²) in [6.07, 6.45) is -7.54. The molecular weight excluding hydrogens is 678 g/mol. The largest absolute Gasteiger partial charge is 0.652 e. The van der Waals surface area contributed by atoms with Gasteiger partial charge in [0.2, 0.25) is 0 Å². The number of hydrogen-bond donors (Lipinski definition) is 0. The Kier molecular flexibility index (Phi) is 9.33. The Labute approximate surface area is 212 Å². The van der Waals surface area contributed by atoms with Gasteiger partial charge in [0.15, 0.2) is 0 Å². The molecule has 1 aromatic carbocycles. The first-order valence-corrected chi connectivity index (χ1v) is 9.51. The monoisotopic (exact) mass is 692 g/mol. The zero-order valence-corrected chi connectivity index (χ0v) is 20.3. The topological polar surface area (TPSA) is 49.1 Å². The standard InChI is InChI=1S/C12H8F2NO.C11H5F6N2.Ir/c1-16-9-4-5-15-12(7-9)10-3-2-8(13)6-11(10)14;12-10(13,14)6-5-8(7-3-1-2-4-18-7)19-9(6)11(15,16)17;/h2,4-7H,1H3;1-5H;/q2*-1;. The summed E-state index contributed by atoms with van der Waals surface area (Å²) in [4.78, 5) is 10.7. The van der Waals surface area contributed by atoms with Gasteiger partial charge in [0.1, 0.15) is 5.75 Å². The maximum absolute atomic E-state index is 13.4. The third-order valence-corrected chi connectivity index (χ3v) is 4.35. The Hall–Kier alpha value is -3.31. The number of rotatable bonds is 3. The quantitative estimate of drug-likeness (QED) is 0.180. The number of ether oxygens (including phenoxy) is 1. The molecule has 0 saturated heterocycles. The maximum Gasteiger partial charge on any atom is 0.415 e. The summed E-state index contributed by atoms with van der Waals surface area (Å²) in [5, 5.41) is 0. The fourth-order valence-electron chi connectivity index (χ4n) is 2.81. The van der Waals surface area contributed by atoms with Crippen LogP contribution in [0.25, 0.3) is 22.6 Å². The van der Waals surface area contributed by atoms with E-state index < -0.39 is 40.9 Å². The van der Waals surface area contributed by atoms with Crippen molar-refractivity contribution in [2.75, 3.05) is 7.11 Å². The predicted molar refractivity (Wildman–Crippen MR) is 108 cm³/mol. The molecule has 193 valence electrons. The Balaban J connectivity index is 0.000000250. The normalized spacial score (nSPS) is 11.2. The van der Waals surface area contributed by atoms with Gasteiger partial charge in [-0.1, -0.05) is 23.8 Å². The summed E-state index contributed by atoms with van der Waals surface area (Å²) in [5.74, 6) is -0.799. The smallest absolute Gasteiger partial charge is 0.415 e. The predicted octanol–water partition coefficient (Wildman–Crippen LogP) is 6.58. The minimum Gasteiger partial charge on any atom is -0.652 e. The zero-order chi connectivity index (χ0) is 25.8. The van der Waals surface area contributed by atoms with E-state index in [1.807, 2.05) is 0 Å². The molecule has 0 fully saturated rings. The van der Waals surface area contributed by atoms with Crippen molar-refractivity contribution in [2.24, 2.45) is 0 Å². The maximum atomic E-state index is 13.4. The van der Waals surface area contributed by atoms with Gasteiger partial charge in [-0.2, -0.15) is 26.3 Å². The summed E-state index contributed by atoms with van der Waals surface area (Å²) in [6, 6.07) is 12.1. The second-order valence-corrected chi connectivity index (χ2v) is 6.74. The number of halogens is 8. The molecule has 4 rings (SSSR count). The molecule has 0 bridgehead atoms. The van der Waals surface area contributed by atoms with Gasteiger partial charge >= 0.3 is 12.4 Å². The fraction of sp³-hybridized carbons (Fsp3) is 0.130. The molecule has 4 aromatic rings. The molecule has 0 amide bonds. The van der Waals surface area contributed by atoms with E-state index >= 15 is 0 Å². The van der Waals surface area contributed by atoms with Crippen LogP contribution in [0.1, 0.15) is 11.3 Å². The van der Waals surface area contributed by atoms with E-state index in [0.717, 1.165) is 12.1 Å². The summed E-state index contributed by atoms with van der Waals surface area (Å²) >= 11 is 0. The summed E-state index contributed by atoms with van der Waals surface area (Å²) in [6.45, 7) is 0. The number of alkyl halides is 6. The van der Waals surface area contributed by atoms with Gasteiger partial charge in [0, 0.05) is 55.4 Å². The van der Waals surface area contributed by atoms with Crippen LogP contribution in [-0.4, -0.2) is 17.1 Å². The van der Waals surface area contributed by atoms with Gasteiger partial charge in [0.05, 0.1) is 7.11 Å². The summed E-state index contributed by atoms with van der Waals surface area (Å²) in [5.41, 5.74) is -3.78. The van der Waals surface area contributed by atoms with E-state index in [1.54, 1.807) is 12.1 Å². The van der Waals surface area contributed by atoms with Crippen LogP contribution in [0.5, 0.6) is 5.75 Å². The van der Waals surface area contributed by atoms with Crippen molar-refractivity contribution in [3.05, 3.63) is 89.9 Å². The number of benzene rings is 1. The molecule has 0 atom stereocenters. The number of pyridine rings is 2. The average molecular weight is 692 g/mol. The van der Waals surface area contributed by atoms with Crippen molar-refractivity contribution >= 4 is 0 Å². The van der Waals surface area contributed by atoms with Crippen LogP contribution in [0.2, 0.25) is 0 Å². The van der Waals surface area contributed by atoms with Crippen molar-refractivity contribution in [1.82, 2.24) is 15.0 Å². The molecule has 0 aliphatic carbocycles. The van der Waals surface area contributed by atoms with Crippen LogP contribution >= 0.6 is 0 Å². The van der Waals surface area contributed by atoms with Gasteiger partial charge < -0.3 is 14.7 Å². The van der Waals surface area contributed by atoms with E-state index in [-0.39, 0.29) is 31.4 Å². The fourth-order valence-corrected chi connectivity index (χ4v) is 2.81. The van der Waals surface area contributed by atoms with Crippen molar-refractivity contribution < 1.29 is 60.0 Å². The summed E-state index contributed by atoms with van der Waals surface area (Å²) < 4.78 is 106. The number of hydrogen-bond acceptors (Lipinski definition) is 3. The zero-order valence-electron chi connectivity index (χ0n) is 17.9. The van der Waals surface area contributed by atoms with Crippen molar-refractivity contribution in [3.63, 3.8) is 0 Å². The van der Waals surface area contributed by atoms with Gasteiger partial charge in [0.25, 0.3) is 0 Å². The molecule has 1 radical (unpaired) electrons. The van der Waals surface area contributed by atoms with Crippen LogP contribution < -0.4 is 9.72 Å². The van der Waals surface area contributed by atoms with Crippen LogP contribution in [0.3, 0.4) is 0 Å².